The summed E-state index contributed by atoms with van der Waals surface area (Å²) < 4.78 is 12.7. The summed E-state index contributed by atoms with van der Waals surface area (Å²) >= 11 is 0. The highest BCUT2D eigenvalue weighted by Gasteiger charge is 2.51. The number of hydrogen-bond acceptors (Lipinski definition) is 8. The number of hydrogen-bond donors (Lipinski definition) is 5. The van der Waals surface area contributed by atoms with Crippen molar-refractivity contribution in [3.05, 3.63) is 24.0 Å². The zero-order valence-electron chi connectivity index (χ0n) is 32.8. The average molecular weight is 709 g/mol. The third kappa shape index (κ3) is 13.6. The third-order valence-corrected chi connectivity index (χ3v) is 11.9. The van der Waals surface area contributed by atoms with Gasteiger partial charge in [-0.25, -0.2) is 0 Å². The lowest BCUT2D eigenvalue weighted by molar-refractivity contribution is -0.172. The van der Waals surface area contributed by atoms with Gasteiger partial charge in [0.2, 0.25) is 0 Å². The normalized spacial score (nSPS) is 30.7. The first-order valence-corrected chi connectivity index (χ1v) is 19.4. The number of ether oxygens (including phenoxy) is 2. The molecule has 0 aromatic rings. The number of allylic oxidation sites excluding steroid dienone is 3. The number of aliphatic hydroxyl groups excluding tert-OH is 4. The first kappa shape index (κ1) is 44.4. The minimum absolute atomic E-state index is 0.0809. The van der Waals surface area contributed by atoms with E-state index in [1.165, 1.54) is 6.08 Å². The van der Waals surface area contributed by atoms with Crippen LogP contribution in [0.5, 0.6) is 0 Å². The topological polar surface area (TPSA) is 154 Å². The molecule has 5 N–H and O–H groups in total. The summed E-state index contributed by atoms with van der Waals surface area (Å²) in [6.45, 7) is 19.7. The smallest absolute Gasteiger partial charge is 0.303 e. The van der Waals surface area contributed by atoms with Crippen molar-refractivity contribution in [1.29, 1.82) is 0 Å². The van der Waals surface area contributed by atoms with E-state index in [2.05, 4.69) is 33.8 Å². The van der Waals surface area contributed by atoms with Crippen molar-refractivity contribution < 1.29 is 44.6 Å². The highest BCUT2D eigenvalue weighted by atomic mass is 16.6. The van der Waals surface area contributed by atoms with Crippen LogP contribution in [-0.4, -0.2) is 79.0 Å². The van der Waals surface area contributed by atoms with Gasteiger partial charge in [0.15, 0.2) is 5.78 Å². The van der Waals surface area contributed by atoms with E-state index < -0.39 is 35.5 Å². The maximum absolute atomic E-state index is 12.8. The Morgan fingerprint density at radius 2 is 1.46 bits per heavy atom. The molecule has 290 valence electrons. The van der Waals surface area contributed by atoms with Crippen LogP contribution < -0.4 is 0 Å². The zero-order chi connectivity index (χ0) is 38.0. The van der Waals surface area contributed by atoms with Crippen molar-refractivity contribution in [1.82, 2.24) is 0 Å². The molecule has 2 aliphatic heterocycles. The second-order valence-electron chi connectivity index (χ2n) is 17.1. The zero-order valence-corrected chi connectivity index (χ0v) is 32.8. The van der Waals surface area contributed by atoms with E-state index in [9.17, 15) is 30.0 Å². The molecule has 0 saturated carbocycles. The Bertz CT molecular complexity index is 1120. The fourth-order valence-electron chi connectivity index (χ4n) is 8.02. The van der Waals surface area contributed by atoms with Crippen molar-refractivity contribution >= 4 is 11.8 Å². The van der Waals surface area contributed by atoms with E-state index in [4.69, 9.17) is 14.6 Å². The summed E-state index contributed by atoms with van der Waals surface area (Å²) in [5, 5.41) is 51.9. The molecule has 2 saturated heterocycles. The molecule has 0 aliphatic carbocycles. The van der Waals surface area contributed by atoms with Crippen LogP contribution in [0.3, 0.4) is 0 Å². The van der Waals surface area contributed by atoms with Gasteiger partial charge in [-0.1, -0.05) is 60.6 Å². The van der Waals surface area contributed by atoms with Crippen LogP contribution in [0.15, 0.2) is 24.0 Å². The van der Waals surface area contributed by atoms with Crippen molar-refractivity contribution in [2.45, 2.75) is 182 Å². The molecular weight excluding hydrogens is 636 g/mol. The van der Waals surface area contributed by atoms with Gasteiger partial charge in [-0.05, 0) is 103 Å². The van der Waals surface area contributed by atoms with Crippen molar-refractivity contribution in [3.8, 4) is 0 Å². The van der Waals surface area contributed by atoms with Gasteiger partial charge in [0.1, 0.15) is 0 Å². The molecule has 2 heterocycles. The molecule has 50 heavy (non-hydrogen) atoms. The van der Waals surface area contributed by atoms with Crippen LogP contribution in [0.2, 0.25) is 0 Å². The molecule has 0 aromatic heterocycles. The monoisotopic (exact) mass is 709 g/mol. The number of carboxylic acids is 1. The number of ketones is 1. The summed E-state index contributed by atoms with van der Waals surface area (Å²) in [7, 11) is 0. The van der Waals surface area contributed by atoms with Crippen LogP contribution in [0, 0.1) is 41.4 Å². The predicted octanol–water partition coefficient (Wildman–Crippen LogP) is 7.80. The maximum Gasteiger partial charge on any atom is 0.303 e. The second kappa shape index (κ2) is 19.9. The van der Waals surface area contributed by atoms with Crippen molar-refractivity contribution in [3.63, 3.8) is 0 Å². The summed E-state index contributed by atoms with van der Waals surface area (Å²) in [4.78, 5) is 23.7. The molecule has 0 amide bonds. The van der Waals surface area contributed by atoms with Gasteiger partial charge in [-0.3, -0.25) is 9.59 Å². The minimum Gasteiger partial charge on any atom is -0.512 e. The molecule has 2 rings (SSSR count). The van der Waals surface area contributed by atoms with E-state index in [0.717, 1.165) is 38.5 Å². The highest BCUT2D eigenvalue weighted by Crippen LogP contribution is 2.45. The molecular formula is C41H72O9. The van der Waals surface area contributed by atoms with Crippen LogP contribution >= 0.6 is 0 Å². The third-order valence-electron chi connectivity index (χ3n) is 11.9. The SMILES string of the molecule is C[C@H](CCC(=O)O)C[C@H](C)C[C@H](C)C(=O)/C=C(\O)[C@H](C)C[C@H](C)C/C=C/[C@@H](C)[C@@H](O)[C@@H](C)[C@@H](O)C[C@H]1CC[C@@](C)([C@H]2CC[C@@](C)([C@@H](C)O)O2)O1. The van der Waals surface area contributed by atoms with Gasteiger partial charge < -0.3 is 35.0 Å². The molecule has 9 heteroatoms. The van der Waals surface area contributed by atoms with E-state index in [-0.39, 0.29) is 71.6 Å². The lowest BCUT2D eigenvalue weighted by Crippen LogP contribution is -2.44. The Kier molecular flexibility index (Phi) is 17.7. The molecule has 0 radical (unpaired) electrons. The fourth-order valence-corrected chi connectivity index (χ4v) is 8.02. The van der Waals surface area contributed by atoms with Gasteiger partial charge in [-0.15, -0.1) is 0 Å². The van der Waals surface area contributed by atoms with Crippen LogP contribution in [-0.2, 0) is 19.1 Å². The quantitative estimate of drug-likeness (QED) is 0.0431. The number of aliphatic hydroxyl groups is 4. The summed E-state index contributed by atoms with van der Waals surface area (Å²) in [6.07, 6.45) is 10.8. The Morgan fingerprint density at radius 3 is 2.06 bits per heavy atom. The van der Waals surface area contributed by atoms with Crippen LogP contribution in [0.4, 0.5) is 0 Å². The molecule has 2 fully saturated rings. The van der Waals surface area contributed by atoms with E-state index in [1.807, 2.05) is 40.7 Å². The lowest BCUT2D eigenvalue weighted by Gasteiger charge is -2.35. The highest BCUT2D eigenvalue weighted by molar-refractivity contribution is 5.91. The Labute approximate surface area is 302 Å². The predicted molar refractivity (Wildman–Crippen MR) is 198 cm³/mol. The maximum atomic E-state index is 12.8. The molecule has 0 aromatic carbocycles. The fraction of sp³-hybridized carbons (Fsp3) is 0.854. The minimum atomic E-state index is -0.781. The van der Waals surface area contributed by atoms with Crippen LogP contribution in [0.25, 0.3) is 0 Å². The Balaban J connectivity index is 1.77. The van der Waals surface area contributed by atoms with E-state index >= 15 is 0 Å². The molecule has 0 spiro atoms. The molecule has 0 unspecified atom stereocenters. The molecule has 9 nitrogen and oxygen atoms in total. The number of carboxylic acid groups (broad SMARTS) is 1. The average Bonchev–Trinajstić information content (AvgIpc) is 3.63. The van der Waals surface area contributed by atoms with Gasteiger partial charge in [0.25, 0.3) is 0 Å². The second-order valence-corrected chi connectivity index (χ2v) is 17.1. The van der Waals surface area contributed by atoms with Gasteiger partial charge in [-0.2, -0.15) is 0 Å². The van der Waals surface area contributed by atoms with Crippen molar-refractivity contribution in [2.75, 3.05) is 0 Å². The van der Waals surface area contributed by atoms with Crippen molar-refractivity contribution in [2.24, 2.45) is 41.4 Å². The summed E-state index contributed by atoms with van der Waals surface area (Å²) in [6, 6.07) is 0. The van der Waals surface area contributed by atoms with Gasteiger partial charge in [0, 0.05) is 36.2 Å². The summed E-state index contributed by atoms with van der Waals surface area (Å²) in [5.74, 6) is -0.810. The van der Waals surface area contributed by atoms with Crippen LogP contribution in [0.1, 0.15) is 140 Å². The summed E-state index contributed by atoms with van der Waals surface area (Å²) in [5.41, 5.74) is -1.01. The Hall–Kier alpha value is -1.78. The lowest BCUT2D eigenvalue weighted by atomic mass is 9.85. The number of carbonyl (C=O) groups is 2. The standard InChI is InChI=1S/C41H72O9/c1-25(21-29(5)34(43)24-35(44)30(6)22-27(3)20-26(2)14-15-38(46)47)12-11-13-28(4)39(48)31(7)36(45)23-33-16-18-41(10,49-33)37-17-19-40(9,50-37)32(8)42/h11,13,24-33,36-37,39,42-43,45,48H,12,14-23H2,1-10H3,(H,46,47)/b13-11+,34-24-/t25-,26-,27+,28-,29-,30+,31+,32-,33-,36+,37-,39-,40+,41+/m1/s1. The van der Waals surface area contributed by atoms with Gasteiger partial charge in [0.05, 0.1) is 47.5 Å². The number of rotatable bonds is 22. The number of aliphatic carboxylic acids is 1. The van der Waals surface area contributed by atoms with E-state index in [1.54, 1.807) is 6.92 Å². The van der Waals surface area contributed by atoms with Gasteiger partial charge >= 0.3 is 5.97 Å². The first-order chi connectivity index (χ1) is 23.2. The first-order valence-electron chi connectivity index (χ1n) is 19.4. The van der Waals surface area contributed by atoms with E-state index in [0.29, 0.717) is 25.7 Å². The largest absolute Gasteiger partial charge is 0.512 e. The molecule has 0 bridgehead atoms. The molecule has 2 aliphatic rings. The molecule has 14 atom stereocenters. The Morgan fingerprint density at radius 1 is 0.820 bits per heavy atom. The number of carbonyl (C=O) groups excluding carboxylic acids is 1.